The van der Waals surface area contributed by atoms with Crippen molar-refractivity contribution in [3.8, 4) is 11.5 Å². The molecule has 1 amide bonds. The zero-order valence-corrected chi connectivity index (χ0v) is 17.1. The van der Waals surface area contributed by atoms with Gasteiger partial charge in [0.25, 0.3) is 5.91 Å². The number of carbonyl (C=O) groups excluding carboxylic acids is 1. The summed E-state index contributed by atoms with van der Waals surface area (Å²) in [4.78, 5) is 31.2. The highest BCUT2D eigenvalue weighted by Crippen LogP contribution is 2.42. The van der Waals surface area contributed by atoms with Crippen LogP contribution in [0.25, 0.3) is 0 Å². The first-order valence-electron chi connectivity index (χ1n) is 9.74. The monoisotopic (exact) mass is 463 g/mol. The van der Waals surface area contributed by atoms with Gasteiger partial charge in [-0.25, -0.2) is 4.39 Å². The molecule has 1 aliphatic heterocycles. The van der Waals surface area contributed by atoms with Crippen molar-refractivity contribution in [1.29, 1.82) is 0 Å². The molecule has 11 heteroatoms. The standard InChI is InChI=1S/C22H17F4N3O4/c1-12-8-17-19(28-10-12)21(6-7-32-17,29-20(31)13-2-5-18(30)27-11-13)14-3-4-16(15(23)9-14)33-22(24,25)26/h2-5,8-11H,6-7H2,1H3,(H,27,30)(H,29,31)/t21-/m0/s1. The summed E-state index contributed by atoms with van der Waals surface area (Å²) >= 11 is 0. The fourth-order valence-corrected chi connectivity index (χ4v) is 3.67. The van der Waals surface area contributed by atoms with Gasteiger partial charge in [-0.15, -0.1) is 13.2 Å². The normalized spacial score (nSPS) is 17.6. The number of hydrogen-bond acceptors (Lipinski definition) is 5. The number of pyridine rings is 2. The van der Waals surface area contributed by atoms with E-state index in [0.29, 0.717) is 5.75 Å². The second-order valence-corrected chi connectivity index (χ2v) is 7.45. The first kappa shape index (κ1) is 22.3. The van der Waals surface area contributed by atoms with E-state index in [1.807, 2.05) is 0 Å². The van der Waals surface area contributed by atoms with Crippen LogP contribution in [-0.2, 0) is 5.54 Å². The molecule has 1 atom stereocenters. The first-order chi connectivity index (χ1) is 15.6. The van der Waals surface area contributed by atoms with Crippen molar-refractivity contribution < 1.29 is 31.8 Å². The minimum Gasteiger partial charge on any atom is -0.491 e. The molecule has 3 aromatic rings. The van der Waals surface area contributed by atoms with Crippen molar-refractivity contribution in [2.24, 2.45) is 0 Å². The SMILES string of the molecule is Cc1cnc2c(c1)OCC[C@]2(NC(=O)c1ccc(=O)[nH]c1)c1ccc(OC(F)(F)F)c(F)c1. The molecule has 2 N–H and O–H groups in total. The maximum atomic E-state index is 14.6. The lowest BCUT2D eigenvalue weighted by Crippen LogP contribution is -2.50. The third-order valence-corrected chi connectivity index (χ3v) is 5.15. The van der Waals surface area contributed by atoms with E-state index in [9.17, 15) is 27.2 Å². The number of ether oxygens (including phenoxy) is 2. The molecule has 4 rings (SSSR count). The third kappa shape index (κ3) is 4.52. The molecule has 0 saturated carbocycles. The molecule has 172 valence electrons. The number of aryl methyl sites for hydroxylation is 1. The van der Waals surface area contributed by atoms with Crippen molar-refractivity contribution in [2.75, 3.05) is 6.61 Å². The number of nitrogens with one attached hydrogen (secondary N) is 2. The minimum atomic E-state index is -5.07. The van der Waals surface area contributed by atoms with Gasteiger partial charge in [-0.05, 0) is 42.3 Å². The van der Waals surface area contributed by atoms with Crippen LogP contribution in [0.3, 0.4) is 0 Å². The van der Waals surface area contributed by atoms with Crippen molar-refractivity contribution in [3.05, 3.63) is 87.3 Å². The summed E-state index contributed by atoms with van der Waals surface area (Å²) < 4.78 is 61.7. The zero-order chi connectivity index (χ0) is 23.8. The smallest absolute Gasteiger partial charge is 0.491 e. The van der Waals surface area contributed by atoms with Gasteiger partial charge in [0.15, 0.2) is 11.6 Å². The average molecular weight is 463 g/mol. The number of amides is 1. The highest BCUT2D eigenvalue weighted by atomic mass is 19.4. The fourth-order valence-electron chi connectivity index (χ4n) is 3.67. The van der Waals surface area contributed by atoms with Gasteiger partial charge >= 0.3 is 6.36 Å². The third-order valence-electron chi connectivity index (χ3n) is 5.15. The second-order valence-electron chi connectivity index (χ2n) is 7.45. The van der Waals surface area contributed by atoms with Gasteiger partial charge in [-0.3, -0.25) is 14.6 Å². The number of aromatic nitrogens is 2. The lowest BCUT2D eigenvalue weighted by atomic mass is 9.81. The molecule has 0 unspecified atom stereocenters. The van der Waals surface area contributed by atoms with Crippen LogP contribution in [-0.4, -0.2) is 28.8 Å². The molecule has 3 heterocycles. The first-order valence-corrected chi connectivity index (χ1v) is 9.74. The van der Waals surface area contributed by atoms with Crippen LogP contribution in [0.1, 0.15) is 33.6 Å². The van der Waals surface area contributed by atoms with E-state index in [2.05, 4.69) is 20.0 Å². The maximum absolute atomic E-state index is 14.6. The van der Waals surface area contributed by atoms with Crippen LogP contribution in [0.15, 0.2) is 53.6 Å². The van der Waals surface area contributed by atoms with Crippen LogP contribution < -0.4 is 20.3 Å². The van der Waals surface area contributed by atoms with E-state index in [-0.39, 0.29) is 29.8 Å². The minimum absolute atomic E-state index is 0.115. The second kappa shape index (κ2) is 8.23. The number of fused-ring (bicyclic) bond motifs is 1. The Bertz CT molecular complexity index is 1250. The quantitative estimate of drug-likeness (QED) is 0.577. The van der Waals surface area contributed by atoms with E-state index < -0.39 is 34.9 Å². The Labute approximate surface area is 184 Å². The van der Waals surface area contributed by atoms with E-state index >= 15 is 0 Å². The van der Waals surface area contributed by atoms with Crippen LogP contribution in [0.2, 0.25) is 0 Å². The maximum Gasteiger partial charge on any atom is 0.573 e. The molecule has 2 aromatic heterocycles. The number of alkyl halides is 3. The predicted octanol–water partition coefficient (Wildman–Crippen LogP) is 3.57. The Kier molecular flexibility index (Phi) is 5.56. The molecule has 0 saturated heterocycles. The lowest BCUT2D eigenvalue weighted by molar-refractivity contribution is -0.275. The number of rotatable bonds is 4. The van der Waals surface area contributed by atoms with Crippen LogP contribution in [0, 0.1) is 12.7 Å². The van der Waals surface area contributed by atoms with Crippen molar-refractivity contribution in [1.82, 2.24) is 15.3 Å². The van der Waals surface area contributed by atoms with Crippen molar-refractivity contribution in [3.63, 3.8) is 0 Å². The average Bonchev–Trinajstić information content (AvgIpc) is 2.74. The summed E-state index contributed by atoms with van der Waals surface area (Å²) in [6.45, 7) is 1.90. The topological polar surface area (TPSA) is 93.3 Å². The van der Waals surface area contributed by atoms with Gasteiger partial charge in [-0.2, -0.15) is 0 Å². The van der Waals surface area contributed by atoms with Gasteiger partial charge in [0.2, 0.25) is 5.56 Å². The van der Waals surface area contributed by atoms with Crippen LogP contribution >= 0.6 is 0 Å². The number of halogens is 4. The molecular weight excluding hydrogens is 446 g/mol. The summed E-state index contributed by atoms with van der Waals surface area (Å²) in [6, 6.07) is 7.11. The molecule has 1 aliphatic rings. The summed E-state index contributed by atoms with van der Waals surface area (Å²) in [5, 5.41) is 2.82. The van der Waals surface area contributed by atoms with Crippen LogP contribution in [0.4, 0.5) is 17.6 Å². The van der Waals surface area contributed by atoms with Crippen molar-refractivity contribution in [2.45, 2.75) is 25.2 Å². The fraction of sp³-hybridized carbons (Fsp3) is 0.227. The number of H-pyrrole nitrogens is 1. The molecule has 7 nitrogen and oxygen atoms in total. The van der Waals surface area contributed by atoms with Gasteiger partial charge in [0.1, 0.15) is 17.0 Å². The summed E-state index contributed by atoms with van der Waals surface area (Å²) in [5.74, 6) is -2.53. The number of benzene rings is 1. The number of hydrogen-bond donors (Lipinski definition) is 2. The van der Waals surface area contributed by atoms with E-state index in [4.69, 9.17) is 4.74 Å². The number of aromatic amines is 1. The van der Waals surface area contributed by atoms with Gasteiger partial charge < -0.3 is 19.8 Å². The highest BCUT2D eigenvalue weighted by molar-refractivity contribution is 5.94. The molecule has 33 heavy (non-hydrogen) atoms. The zero-order valence-electron chi connectivity index (χ0n) is 17.1. The molecule has 1 aromatic carbocycles. The Morgan fingerprint density at radius 2 is 2.03 bits per heavy atom. The molecular formula is C22H17F4N3O4. The van der Waals surface area contributed by atoms with Crippen LogP contribution in [0.5, 0.6) is 11.5 Å². The molecule has 0 bridgehead atoms. The Hall–Kier alpha value is -3.89. The highest BCUT2D eigenvalue weighted by Gasteiger charge is 2.43. The predicted molar refractivity (Wildman–Crippen MR) is 107 cm³/mol. The largest absolute Gasteiger partial charge is 0.573 e. The Balaban J connectivity index is 1.83. The number of nitrogens with zero attached hydrogens (tertiary/aromatic N) is 1. The van der Waals surface area contributed by atoms with E-state index in [1.54, 1.807) is 13.0 Å². The van der Waals surface area contributed by atoms with Gasteiger partial charge in [-0.1, -0.05) is 6.07 Å². The van der Waals surface area contributed by atoms with E-state index in [1.165, 1.54) is 30.6 Å². The summed E-state index contributed by atoms with van der Waals surface area (Å²) in [7, 11) is 0. The van der Waals surface area contributed by atoms with E-state index in [0.717, 1.165) is 17.7 Å². The Morgan fingerprint density at radius 3 is 2.70 bits per heavy atom. The number of carbonyl (C=O) groups is 1. The van der Waals surface area contributed by atoms with Gasteiger partial charge in [0.05, 0.1) is 12.2 Å². The molecule has 0 aliphatic carbocycles. The lowest BCUT2D eigenvalue weighted by Gasteiger charge is -2.39. The molecule has 0 fully saturated rings. The van der Waals surface area contributed by atoms with Gasteiger partial charge in [0, 0.05) is 24.9 Å². The summed E-state index contributed by atoms with van der Waals surface area (Å²) in [6.07, 6.45) is -2.20. The molecule has 0 radical (unpaired) electrons. The summed E-state index contributed by atoms with van der Waals surface area (Å²) in [5.41, 5.74) is -0.527. The van der Waals surface area contributed by atoms with Crippen molar-refractivity contribution >= 4 is 5.91 Å². The molecule has 0 spiro atoms. The Morgan fingerprint density at radius 1 is 1.24 bits per heavy atom.